The van der Waals surface area contributed by atoms with E-state index in [1.54, 1.807) is 14.2 Å². The largest absolute Gasteiger partial charge is 0.497 e. The number of hydrogen-bond acceptors (Lipinski definition) is 8. The Bertz CT molecular complexity index is 1180. The van der Waals surface area contributed by atoms with Crippen LogP contribution in [-0.2, 0) is 17.9 Å². The molecule has 8 nitrogen and oxygen atoms in total. The van der Waals surface area contributed by atoms with Gasteiger partial charge in [-0.05, 0) is 69.3 Å². The Morgan fingerprint density at radius 1 is 0.946 bits per heavy atom. The maximum atomic E-state index is 5.47. The molecule has 2 aliphatic heterocycles. The first-order valence-corrected chi connectivity index (χ1v) is 13.4. The highest BCUT2D eigenvalue weighted by molar-refractivity contribution is 5.94. The van der Waals surface area contributed by atoms with E-state index in [-0.39, 0.29) is 0 Å². The van der Waals surface area contributed by atoms with E-state index in [1.165, 1.54) is 17.7 Å². The molecule has 3 aromatic rings. The molecule has 2 aliphatic rings. The Hall–Kier alpha value is -2.94. The van der Waals surface area contributed by atoms with E-state index in [4.69, 9.17) is 9.47 Å². The molecule has 0 bridgehead atoms. The van der Waals surface area contributed by atoms with Crippen molar-refractivity contribution in [3.63, 3.8) is 0 Å². The van der Waals surface area contributed by atoms with Gasteiger partial charge < -0.3 is 24.6 Å². The molecule has 2 saturated heterocycles. The van der Waals surface area contributed by atoms with E-state index < -0.39 is 0 Å². The number of rotatable bonds is 9. The lowest BCUT2D eigenvalue weighted by molar-refractivity contribution is 0.182. The Morgan fingerprint density at radius 3 is 2.41 bits per heavy atom. The van der Waals surface area contributed by atoms with Crippen LogP contribution in [0.3, 0.4) is 0 Å². The van der Waals surface area contributed by atoms with Crippen molar-refractivity contribution in [2.45, 2.75) is 44.5 Å². The summed E-state index contributed by atoms with van der Waals surface area (Å²) in [6.07, 6.45) is 3.39. The number of fused-ring (bicyclic) bond motifs is 1. The van der Waals surface area contributed by atoms with Crippen LogP contribution < -0.4 is 15.0 Å². The highest BCUT2D eigenvalue weighted by Gasteiger charge is 2.24. The first-order chi connectivity index (χ1) is 18.0. The molecule has 5 rings (SSSR count). The number of ether oxygens (including phenoxy) is 2. The van der Waals surface area contributed by atoms with E-state index in [2.05, 4.69) is 68.6 Å². The lowest BCUT2D eigenvalue weighted by atomic mass is 10.0. The molecule has 2 aromatic carbocycles. The van der Waals surface area contributed by atoms with Crippen LogP contribution in [0.2, 0.25) is 0 Å². The predicted octanol–water partition coefficient (Wildman–Crippen LogP) is 4.00. The number of methoxy groups -OCH3 is 2. The highest BCUT2D eigenvalue weighted by Crippen LogP contribution is 2.29. The van der Waals surface area contributed by atoms with Crippen molar-refractivity contribution in [1.29, 1.82) is 0 Å². The molecule has 3 heterocycles. The SMILES string of the molecule is COCc1nnc(NC2CCN(Cc3ccc(N4CC[C@H](N(C)C)C4)cc3)CC2)c2cc(OC)ccc12. The van der Waals surface area contributed by atoms with Crippen molar-refractivity contribution in [1.82, 2.24) is 20.0 Å². The summed E-state index contributed by atoms with van der Waals surface area (Å²) in [5.74, 6) is 1.64. The Balaban J connectivity index is 1.17. The molecule has 1 aromatic heterocycles. The van der Waals surface area contributed by atoms with Crippen LogP contribution in [0, 0.1) is 0 Å². The van der Waals surface area contributed by atoms with E-state index in [1.807, 2.05) is 18.2 Å². The van der Waals surface area contributed by atoms with Crippen molar-refractivity contribution < 1.29 is 9.47 Å². The molecule has 0 saturated carbocycles. The standard InChI is InChI=1S/C29H40N6O2/c1-33(2)24-13-16-35(19-24)23-7-5-21(6-8-23)18-34-14-11-22(12-15-34)30-29-27-17-25(37-4)9-10-26(27)28(20-36-3)31-32-29/h5-10,17,22,24H,11-16,18-20H2,1-4H3,(H,30,32)/t24-/m0/s1. The van der Waals surface area contributed by atoms with Gasteiger partial charge in [0, 0.05) is 68.4 Å². The quantitative estimate of drug-likeness (QED) is 0.469. The fraction of sp³-hybridized carbons (Fsp3) is 0.517. The Kier molecular flexibility index (Phi) is 8.08. The zero-order chi connectivity index (χ0) is 25.8. The van der Waals surface area contributed by atoms with Crippen molar-refractivity contribution in [3.8, 4) is 5.75 Å². The first kappa shape index (κ1) is 25.7. The third kappa shape index (κ3) is 5.98. The number of benzene rings is 2. The fourth-order valence-corrected chi connectivity index (χ4v) is 5.56. The van der Waals surface area contributed by atoms with Crippen LogP contribution in [0.1, 0.15) is 30.5 Å². The summed E-state index contributed by atoms with van der Waals surface area (Å²) in [7, 11) is 7.73. The lowest BCUT2D eigenvalue weighted by Crippen LogP contribution is -2.38. The lowest BCUT2D eigenvalue weighted by Gasteiger charge is -2.33. The van der Waals surface area contributed by atoms with Crippen LogP contribution in [0.15, 0.2) is 42.5 Å². The van der Waals surface area contributed by atoms with Gasteiger partial charge in [0.15, 0.2) is 5.82 Å². The smallest absolute Gasteiger partial charge is 0.156 e. The van der Waals surface area contributed by atoms with E-state index >= 15 is 0 Å². The minimum atomic E-state index is 0.371. The van der Waals surface area contributed by atoms with Crippen LogP contribution >= 0.6 is 0 Å². The molecule has 1 atom stereocenters. The zero-order valence-electron chi connectivity index (χ0n) is 22.6. The monoisotopic (exact) mass is 504 g/mol. The molecular weight excluding hydrogens is 464 g/mol. The van der Waals surface area contributed by atoms with Crippen molar-refractivity contribution in [2.75, 3.05) is 64.7 Å². The molecule has 1 N–H and O–H groups in total. The number of anilines is 2. The summed E-state index contributed by atoms with van der Waals surface area (Å²) in [6, 6.07) is 16.3. The summed E-state index contributed by atoms with van der Waals surface area (Å²) in [5, 5.41) is 14.7. The third-order valence-corrected chi connectivity index (χ3v) is 7.87. The predicted molar refractivity (Wildman–Crippen MR) is 149 cm³/mol. The van der Waals surface area contributed by atoms with Gasteiger partial charge >= 0.3 is 0 Å². The van der Waals surface area contributed by atoms with Gasteiger partial charge in [-0.15, -0.1) is 5.10 Å². The van der Waals surface area contributed by atoms with Gasteiger partial charge in [0.05, 0.1) is 19.4 Å². The molecule has 198 valence electrons. The number of aromatic nitrogens is 2. The number of nitrogens with zero attached hydrogens (tertiary/aromatic N) is 5. The average Bonchev–Trinajstić information content (AvgIpc) is 3.42. The minimum Gasteiger partial charge on any atom is -0.497 e. The molecule has 0 amide bonds. The van der Waals surface area contributed by atoms with Gasteiger partial charge in [-0.25, -0.2) is 0 Å². The second-order valence-corrected chi connectivity index (χ2v) is 10.6. The molecule has 0 spiro atoms. The minimum absolute atomic E-state index is 0.371. The number of piperidine rings is 1. The number of likely N-dealkylation sites (tertiary alicyclic amines) is 1. The maximum Gasteiger partial charge on any atom is 0.156 e. The van der Waals surface area contributed by atoms with Gasteiger partial charge in [-0.2, -0.15) is 5.10 Å². The van der Waals surface area contributed by atoms with Crippen molar-refractivity contribution >= 4 is 22.3 Å². The Morgan fingerprint density at radius 2 is 1.73 bits per heavy atom. The fourth-order valence-electron chi connectivity index (χ4n) is 5.56. The van der Waals surface area contributed by atoms with E-state index in [0.29, 0.717) is 18.7 Å². The molecule has 0 aliphatic carbocycles. The van der Waals surface area contributed by atoms with Crippen molar-refractivity contribution in [3.05, 3.63) is 53.7 Å². The molecule has 0 unspecified atom stereocenters. The summed E-state index contributed by atoms with van der Waals surface area (Å²) >= 11 is 0. The summed E-state index contributed by atoms with van der Waals surface area (Å²) in [4.78, 5) is 7.41. The first-order valence-electron chi connectivity index (χ1n) is 13.4. The molecule has 2 fully saturated rings. The van der Waals surface area contributed by atoms with E-state index in [0.717, 1.165) is 73.6 Å². The summed E-state index contributed by atoms with van der Waals surface area (Å²) in [5.41, 5.74) is 3.57. The summed E-state index contributed by atoms with van der Waals surface area (Å²) in [6.45, 7) is 5.82. The molecular formula is C29H40N6O2. The number of likely N-dealkylation sites (N-methyl/N-ethyl adjacent to an activating group) is 1. The highest BCUT2D eigenvalue weighted by atomic mass is 16.5. The van der Waals surface area contributed by atoms with Crippen LogP contribution in [0.5, 0.6) is 5.75 Å². The maximum absolute atomic E-state index is 5.47. The molecule has 0 radical (unpaired) electrons. The zero-order valence-corrected chi connectivity index (χ0v) is 22.6. The number of nitrogens with one attached hydrogen (secondary N) is 1. The average molecular weight is 505 g/mol. The second-order valence-electron chi connectivity index (χ2n) is 10.6. The van der Waals surface area contributed by atoms with Gasteiger partial charge in [0.2, 0.25) is 0 Å². The van der Waals surface area contributed by atoms with Crippen molar-refractivity contribution in [2.24, 2.45) is 0 Å². The summed E-state index contributed by atoms with van der Waals surface area (Å²) < 4.78 is 10.8. The van der Waals surface area contributed by atoms with Gasteiger partial charge in [0.1, 0.15) is 5.75 Å². The van der Waals surface area contributed by atoms with E-state index in [9.17, 15) is 0 Å². The number of hydrogen-bond donors (Lipinski definition) is 1. The molecule has 8 heteroatoms. The Labute approximate surface area is 220 Å². The van der Waals surface area contributed by atoms with Gasteiger partial charge in [-0.3, -0.25) is 4.90 Å². The van der Waals surface area contributed by atoms with Gasteiger partial charge in [-0.1, -0.05) is 12.1 Å². The topological polar surface area (TPSA) is 66.0 Å². The van der Waals surface area contributed by atoms with Crippen LogP contribution in [-0.4, -0.2) is 86.6 Å². The van der Waals surface area contributed by atoms with Crippen LogP contribution in [0.4, 0.5) is 11.5 Å². The van der Waals surface area contributed by atoms with Crippen LogP contribution in [0.25, 0.3) is 10.8 Å². The molecule has 37 heavy (non-hydrogen) atoms. The third-order valence-electron chi connectivity index (χ3n) is 7.87. The second kappa shape index (κ2) is 11.6. The van der Waals surface area contributed by atoms with Gasteiger partial charge in [0.25, 0.3) is 0 Å². The normalized spacial score (nSPS) is 19.2.